The molecule has 0 radical (unpaired) electrons. The first-order valence-corrected chi connectivity index (χ1v) is 5.19. The standard InChI is InChI=1S/C9H4ClFINO/c10-3-8(14)6-1-5(4-13)2-7(12)9(6)11/h1-2H,3H2. The number of rotatable bonds is 2. The fourth-order valence-electron chi connectivity index (χ4n) is 0.929. The van der Waals surface area contributed by atoms with Gasteiger partial charge in [-0.15, -0.1) is 11.6 Å². The van der Waals surface area contributed by atoms with Crippen LogP contribution in [0.3, 0.4) is 0 Å². The van der Waals surface area contributed by atoms with Crippen LogP contribution in [-0.2, 0) is 0 Å². The molecule has 14 heavy (non-hydrogen) atoms. The van der Waals surface area contributed by atoms with E-state index in [0.29, 0.717) is 0 Å². The van der Waals surface area contributed by atoms with E-state index in [9.17, 15) is 9.18 Å². The van der Waals surface area contributed by atoms with Crippen LogP contribution >= 0.6 is 34.2 Å². The Morgan fingerprint density at radius 2 is 2.29 bits per heavy atom. The van der Waals surface area contributed by atoms with E-state index < -0.39 is 11.6 Å². The largest absolute Gasteiger partial charge is 0.293 e. The average molecular weight is 323 g/mol. The molecule has 0 aliphatic carbocycles. The zero-order valence-electron chi connectivity index (χ0n) is 6.85. The molecule has 0 atom stereocenters. The topological polar surface area (TPSA) is 40.9 Å². The Labute approximate surface area is 98.8 Å². The van der Waals surface area contributed by atoms with Gasteiger partial charge in [0.1, 0.15) is 5.82 Å². The van der Waals surface area contributed by atoms with E-state index in [4.69, 9.17) is 16.9 Å². The molecule has 0 N–H and O–H groups in total. The van der Waals surface area contributed by atoms with Crippen LogP contribution in [0.15, 0.2) is 12.1 Å². The lowest BCUT2D eigenvalue weighted by Crippen LogP contribution is -2.05. The highest BCUT2D eigenvalue weighted by Crippen LogP contribution is 2.18. The third-order valence-electron chi connectivity index (χ3n) is 1.58. The summed E-state index contributed by atoms with van der Waals surface area (Å²) in [5.74, 6) is -1.42. The van der Waals surface area contributed by atoms with Gasteiger partial charge in [-0.2, -0.15) is 5.26 Å². The van der Waals surface area contributed by atoms with Gasteiger partial charge in [-0.3, -0.25) is 4.79 Å². The molecule has 72 valence electrons. The maximum Gasteiger partial charge on any atom is 0.180 e. The molecule has 1 aromatic carbocycles. The number of nitriles is 1. The number of halogens is 3. The van der Waals surface area contributed by atoms with Gasteiger partial charge in [-0.25, -0.2) is 4.39 Å². The van der Waals surface area contributed by atoms with Gasteiger partial charge in [-0.1, -0.05) is 0 Å². The van der Waals surface area contributed by atoms with Crippen molar-refractivity contribution < 1.29 is 9.18 Å². The zero-order valence-corrected chi connectivity index (χ0v) is 9.76. The summed E-state index contributed by atoms with van der Waals surface area (Å²) in [7, 11) is 0. The number of carbonyl (C=O) groups excluding carboxylic acids is 1. The molecule has 0 bridgehead atoms. The number of hydrogen-bond acceptors (Lipinski definition) is 2. The van der Waals surface area contributed by atoms with Crippen molar-refractivity contribution in [2.45, 2.75) is 0 Å². The van der Waals surface area contributed by atoms with Gasteiger partial charge in [0.15, 0.2) is 5.78 Å². The molecule has 0 aliphatic heterocycles. The van der Waals surface area contributed by atoms with E-state index >= 15 is 0 Å². The van der Waals surface area contributed by atoms with Gasteiger partial charge in [0.05, 0.1) is 26.6 Å². The van der Waals surface area contributed by atoms with Gasteiger partial charge in [0.2, 0.25) is 0 Å². The molecule has 2 nitrogen and oxygen atoms in total. The molecular weight excluding hydrogens is 319 g/mol. The summed E-state index contributed by atoms with van der Waals surface area (Å²) in [6, 6.07) is 4.43. The van der Waals surface area contributed by atoms with Crippen molar-refractivity contribution in [2.75, 3.05) is 5.88 Å². The highest BCUT2D eigenvalue weighted by atomic mass is 127. The Balaban J connectivity index is 3.36. The van der Waals surface area contributed by atoms with Gasteiger partial charge >= 0.3 is 0 Å². The molecule has 0 amide bonds. The number of Topliss-reactive ketones (excluding diaryl/α,β-unsaturated/α-hetero) is 1. The van der Waals surface area contributed by atoms with Crippen molar-refractivity contribution in [3.05, 3.63) is 32.6 Å². The van der Waals surface area contributed by atoms with Gasteiger partial charge < -0.3 is 0 Å². The Morgan fingerprint density at radius 3 is 2.79 bits per heavy atom. The maximum absolute atomic E-state index is 13.4. The van der Waals surface area contributed by atoms with Crippen LogP contribution in [-0.4, -0.2) is 11.7 Å². The maximum atomic E-state index is 13.4. The Morgan fingerprint density at radius 1 is 1.64 bits per heavy atom. The number of ketones is 1. The van der Waals surface area contributed by atoms with Gasteiger partial charge in [-0.05, 0) is 34.7 Å². The summed E-state index contributed by atoms with van der Waals surface area (Å²) in [5.41, 5.74) is 0.132. The van der Waals surface area contributed by atoms with Gasteiger partial charge in [0, 0.05) is 0 Å². The lowest BCUT2D eigenvalue weighted by atomic mass is 10.1. The quantitative estimate of drug-likeness (QED) is 0.477. The Hall–Kier alpha value is -0.670. The second-order valence-electron chi connectivity index (χ2n) is 2.49. The smallest absolute Gasteiger partial charge is 0.180 e. The first kappa shape index (κ1) is 11.4. The van der Waals surface area contributed by atoms with Crippen molar-refractivity contribution in [1.29, 1.82) is 5.26 Å². The summed E-state index contributed by atoms with van der Waals surface area (Å²) in [4.78, 5) is 11.2. The van der Waals surface area contributed by atoms with E-state index in [0.717, 1.165) is 0 Å². The van der Waals surface area contributed by atoms with Crippen LogP contribution in [0, 0.1) is 20.7 Å². The van der Waals surface area contributed by atoms with Crippen LogP contribution < -0.4 is 0 Å². The summed E-state index contributed by atoms with van der Waals surface area (Å²) in [6.07, 6.45) is 0. The molecule has 1 rings (SSSR count). The number of carbonyl (C=O) groups is 1. The van der Waals surface area contributed by atoms with Gasteiger partial charge in [0.25, 0.3) is 0 Å². The third kappa shape index (κ3) is 2.22. The molecular formula is C9H4ClFINO. The monoisotopic (exact) mass is 323 g/mol. The molecule has 5 heteroatoms. The predicted octanol–water partition coefficient (Wildman–Crippen LogP) is 2.72. The van der Waals surface area contributed by atoms with Crippen molar-refractivity contribution in [2.24, 2.45) is 0 Å². The third-order valence-corrected chi connectivity index (χ3v) is 2.61. The lowest BCUT2D eigenvalue weighted by Gasteiger charge is -2.02. The van der Waals surface area contributed by atoms with E-state index in [1.54, 1.807) is 22.6 Å². The summed E-state index contributed by atoms with van der Waals surface area (Å²) < 4.78 is 13.6. The minimum atomic E-state index is -0.616. The minimum absolute atomic E-state index is 0.122. The number of benzene rings is 1. The first-order valence-electron chi connectivity index (χ1n) is 3.58. The zero-order chi connectivity index (χ0) is 10.7. The minimum Gasteiger partial charge on any atom is -0.293 e. The molecule has 0 heterocycles. The highest BCUT2D eigenvalue weighted by Gasteiger charge is 2.14. The van der Waals surface area contributed by atoms with Crippen LogP contribution in [0.2, 0.25) is 0 Å². The Kier molecular flexibility index (Phi) is 3.84. The van der Waals surface area contributed by atoms with Crippen molar-refractivity contribution in [1.82, 2.24) is 0 Å². The van der Waals surface area contributed by atoms with Crippen molar-refractivity contribution in [3.63, 3.8) is 0 Å². The molecule has 1 aromatic rings. The number of hydrogen-bond donors (Lipinski definition) is 0. The average Bonchev–Trinajstić information content (AvgIpc) is 2.20. The van der Waals surface area contributed by atoms with Crippen LogP contribution in [0.5, 0.6) is 0 Å². The summed E-state index contributed by atoms with van der Waals surface area (Å²) in [5, 5.41) is 8.61. The van der Waals surface area contributed by atoms with Crippen LogP contribution in [0.25, 0.3) is 0 Å². The fraction of sp³-hybridized carbons (Fsp3) is 0.111. The molecule has 0 unspecified atom stereocenters. The van der Waals surface area contributed by atoms with E-state index in [1.165, 1.54) is 12.1 Å². The van der Waals surface area contributed by atoms with Crippen LogP contribution in [0.1, 0.15) is 15.9 Å². The van der Waals surface area contributed by atoms with E-state index in [2.05, 4.69) is 0 Å². The highest BCUT2D eigenvalue weighted by molar-refractivity contribution is 14.1. The molecule has 0 saturated carbocycles. The number of alkyl halides is 1. The first-order chi connectivity index (χ1) is 6.60. The second kappa shape index (κ2) is 4.71. The molecule has 0 saturated heterocycles. The van der Waals surface area contributed by atoms with Crippen molar-refractivity contribution >= 4 is 40.0 Å². The molecule has 0 fully saturated rings. The summed E-state index contributed by atoms with van der Waals surface area (Å²) >= 11 is 7.03. The molecule has 0 spiro atoms. The normalized spacial score (nSPS) is 9.57. The molecule has 0 aromatic heterocycles. The van der Waals surface area contributed by atoms with Crippen molar-refractivity contribution in [3.8, 4) is 6.07 Å². The van der Waals surface area contributed by atoms with E-state index in [1.807, 2.05) is 6.07 Å². The predicted molar refractivity (Wildman–Crippen MR) is 58.9 cm³/mol. The number of nitrogens with zero attached hydrogens (tertiary/aromatic N) is 1. The van der Waals surface area contributed by atoms with E-state index in [-0.39, 0.29) is 20.6 Å². The SMILES string of the molecule is N#Cc1cc(I)c(F)c(C(=O)CCl)c1. The Bertz CT molecular complexity index is 428. The van der Waals surface area contributed by atoms with Crippen LogP contribution in [0.4, 0.5) is 4.39 Å². The lowest BCUT2D eigenvalue weighted by molar-refractivity contribution is 0.101. The molecule has 0 aliphatic rings. The fourth-order valence-corrected chi connectivity index (χ4v) is 1.70. The second-order valence-corrected chi connectivity index (χ2v) is 3.92. The summed E-state index contributed by atoms with van der Waals surface area (Å²) in [6.45, 7) is 0.